The second-order valence-electron chi connectivity index (χ2n) is 6.84. The summed E-state index contributed by atoms with van der Waals surface area (Å²) in [7, 11) is 0. The van der Waals surface area contributed by atoms with Gasteiger partial charge in [0.2, 0.25) is 11.8 Å². The van der Waals surface area contributed by atoms with Crippen LogP contribution in [-0.2, 0) is 16.0 Å². The fourth-order valence-electron chi connectivity index (χ4n) is 3.25. The van der Waals surface area contributed by atoms with Crippen molar-refractivity contribution in [2.24, 2.45) is 0 Å². The monoisotopic (exact) mass is 453 g/mol. The fourth-order valence-corrected chi connectivity index (χ4v) is 4.21. The summed E-state index contributed by atoms with van der Waals surface area (Å²) in [6.07, 6.45) is 1.43. The van der Waals surface area contributed by atoms with E-state index in [0.717, 1.165) is 10.1 Å². The van der Waals surface area contributed by atoms with Gasteiger partial charge in [0.05, 0.1) is 17.1 Å². The molecule has 2 aromatic carbocycles. The molecule has 8 heteroatoms. The Morgan fingerprint density at radius 2 is 2.00 bits per heavy atom. The molecule has 31 heavy (non-hydrogen) atoms. The first kappa shape index (κ1) is 21.0. The number of pyridine rings is 1. The highest BCUT2D eigenvalue weighted by Gasteiger charge is 2.17. The first-order valence-electron chi connectivity index (χ1n) is 9.39. The largest absolute Gasteiger partial charge is 0.326 e. The van der Waals surface area contributed by atoms with Crippen LogP contribution >= 0.6 is 22.9 Å². The van der Waals surface area contributed by atoms with Crippen molar-refractivity contribution < 1.29 is 14.0 Å². The summed E-state index contributed by atoms with van der Waals surface area (Å²) in [6.45, 7) is 1.46. The van der Waals surface area contributed by atoms with Gasteiger partial charge in [-0.1, -0.05) is 23.7 Å². The Balaban J connectivity index is 1.57. The van der Waals surface area contributed by atoms with Gasteiger partial charge in [-0.3, -0.25) is 14.5 Å². The van der Waals surface area contributed by atoms with Crippen molar-refractivity contribution in [1.82, 2.24) is 4.98 Å². The number of aromatic nitrogens is 1. The number of benzene rings is 2. The average Bonchev–Trinajstić information content (AvgIpc) is 3.19. The van der Waals surface area contributed by atoms with Gasteiger partial charge in [-0.15, -0.1) is 11.3 Å². The Bertz CT molecular complexity index is 1290. The Morgan fingerprint density at radius 1 is 1.16 bits per heavy atom. The smallest absolute Gasteiger partial charge is 0.229 e. The number of carbonyl (C=O) groups is 2. The van der Waals surface area contributed by atoms with E-state index in [9.17, 15) is 14.0 Å². The van der Waals surface area contributed by atoms with Gasteiger partial charge in [0, 0.05) is 29.6 Å². The van der Waals surface area contributed by atoms with Gasteiger partial charge < -0.3 is 5.32 Å². The van der Waals surface area contributed by atoms with E-state index in [4.69, 9.17) is 11.6 Å². The van der Waals surface area contributed by atoms with Crippen LogP contribution in [0.5, 0.6) is 0 Å². The zero-order valence-electron chi connectivity index (χ0n) is 16.4. The molecule has 0 fully saturated rings. The lowest BCUT2D eigenvalue weighted by Crippen LogP contribution is -2.24. The van der Waals surface area contributed by atoms with E-state index < -0.39 is 5.82 Å². The molecule has 2 aromatic heterocycles. The molecule has 2 heterocycles. The summed E-state index contributed by atoms with van der Waals surface area (Å²) < 4.78 is 14.7. The first-order chi connectivity index (χ1) is 14.9. The number of nitrogens with one attached hydrogen (secondary N) is 1. The number of anilines is 3. The van der Waals surface area contributed by atoms with E-state index in [1.165, 1.54) is 30.2 Å². The van der Waals surface area contributed by atoms with Crippen molar-refractivity contribution in [2.75, 3.05) is 10.2 Å². The number of amides is 2. The van der Waals surface area contributed by atoms with Crippen LogP contribution in [0.25, 0.3) is 10.1 Å². The Morgan fingerprint density at radius 3 is 2.81 bits per heavy atom. The molecule has 5 nitrogen and oxygen atoms in total. The molecule has 0 atom stereocenters. The van der Waals surface area contributed by atoms with Crippen LogP contribution in [0.1, 0.15) is 12.5 Å². The molecule has 156 valence electrons. The van der Waals surface area contributed by atoms with Gasteiger partial charge >= 0.3 is 0 Å². The molecule has 0 saturated heterocycles. The van der Waals surface area contributed by atoms with Crippen LogP contribution in [-0.4, -0.2) is 16.8 Å². The normalized spacial score (nSPS) is 10.8. The molecule has 0 spiro atoms. The SMILES string of the molecule is CC(=O)N(c1ccc2sccc2c1)c1cc(NC(=O)Cc2cccc(F)c2Cl)ccn1. The van der Waals surface area contributed by atoms with E-state index in [1.807, 2.05) is 29.6 Å². The van der Waals surface area contributed by atoms with Crippen molar-refractivity contribution in [2.45, 2.75) is 13.3 Å². The van der Waals surface area contributed by atoms with Crippen LogP contribution in [0.4, 0.5) is 21.6 Å². The minimum Gasteiger partial charge on any atom is -0.326 e. The summed E-state index contributed by atoms with van der Waals surface area (Å²) in [5.74, 6) is -0.766. The quantitative estimate of drug-likeness (QED) is 0.406. The van der Waals surface area contributed by atoms with Crippen molar-refractivity contribution >= 4 is 62.0 Å². The summed E-state index contributed by atoms with van der Waals surface area (Å²) >= 11 is 7.56. The molecular formula is C23H17ClFN3O2S. The number of fused-ring (bicyclic) bond motifs is 1. The van der Waals surface area contributed by atoms with Crippen LogP contribution < -0.4 is 10.2 Å². The van der Waals surface area contributed by atoms with Gasteiger partial charge in [-0.25, -0.2) is 9.37 Å². The topological polar surface area (TPSA) is 62.3 Å². The maximum absolute atomic E-state index is 13.6. The number of hydrogen-bond acceptors (Lipinski definition) is 4. The maximum atomic E-state index is 13.6. The number of rotatable bonds is 5. The Labute approximate surface area is 187 Å². The third kappa shape index (κ3) is 4.57. The van der Waals surface area contributed by atoms with Crippen molar-refractivity contribution in [3.63, 3.8) is 0 Å². The lowest BCUT2D eigenvalue weighted by atomic mass is 10.1. The third-order valence-electron chi connectivity index (χ3n) is 4.65. The second-order valence-corrected chi connectivity index (χ2v) is 8.16. The van der Waals surface area contributed by atoms with Gasteiger partial charge in [0.25, 0.3) is 0 Å². The van der Waals surface area contributed by atoms with Gasteiger partial charge in [-0.2, -0.15) is 0 Å². The first-order valence-corrected chi connectivity index (χ1v) is 10.6. The van der Waals surface area contributed by atoms with Crippen LogP contribution in [0.3, 0.4) is 0 Å². The molecule has 0 saturated carbocycles. The number of carbonyl (C=O) groups excluding carboxylic acids is 2. The fraction of sp³-hybridized carbons (Fsp3) is 0.0870. The molecule has 0 aliphatic rings. The van der Waals surface area contributed by atoms with Crippen molar-refractivity contribution in [1.29, 1.82) is 0 Å². The standard InChI is InChI=1S/C23H17ClFN3O2S/c1-14(29)28(18-5-6-20-15(11-18)8-10-31-20)21-13-17(7-9-26-21)27-22(30)12-16-3-2-4-19(25)23(16)24/h2-11,13H,12H2,1H3,(H,26,27,30). The van der Waals surface area contributed by atoms with Gasteiger partial charge in [-0.05, 0) is 52.7 Å². The molecule has 0 unspecified atom stereocenters. The molecule has 0 radical (unpaired) electrons. The Hall–Kier alpha value is -3.29. The summed E-state index contributed by atoms with van der Waals surface area (Å²) in [6, 6.07) is 15.3. The number of halogens is 2. The molecule has 0 bridgehead atoms. The van der Waals surface area contributed by atoms with E-state index in [-0.39, 0.29) is 23.3 Å². The van der Waals surface area contributed by atoms with Crippen molar-refractivity contribution in [3.05, 3.63) is 82.6 Å². The highest BCUT2D eigenvalue weighted by atomic mass is 35.5. The lowest BCUT2D eigenvalue weighted by Gasteiger charge is -2.21. The van der Waals surface area contributed by atoms with E-state index in [2.05, 4.69) is 10.3 Å². The highest BCUT2D eigenvalue weighted by molar-refractivity contribution is 7.17. The number of hydrogen-bond donors (Lipinski definition) is 1. The summed E-state index contributed by atoms with van der Waals surface area (Å²) in [5.41, 5.74) is 1.54. The third-order valence-corrected chi connectivity index (χ3v) is 5.97. The minimum absolute atomic E-state index is 0.0698. The van der Waals surface area contributed by atoms with Crippen molar-refractivity contribution in [3.8, 4) is 0 Å². The molecule has 0 aliphatic heterocycles. The summed E-state index contributed by atoms with van der Waals surface area (Å²) in [5, 5.41) is 5.71. The van der Waals surface area contributed by atoms with Crippen LogP contribution in [0, 0.1) is 5.82 Å². The molecule has 4 rings (SSSR count). The van der Waals surface area contributed by atoms with E-state index in [1.54, 1.807) is 29.5 Å². The molecular weight excluding hydrogens is 437 g/mol. The zero-order valence-corrected chi connectivity index (χ0v) is 18.0. The van der Waals surface area contributed by atoms with Crippen LogP contribution in [0.2, 0.25) is 5.02 Å². The van der Waals surface area contributed by atoms with E-state index >= 15 is 0 Å². The van der Waals surface area contributed by atoms with Gasteiger partial charge in [0.1, 0.15) is 11.6 Å². The molecule has 2 amide bonds. The lowest BCUT2D eigenvalue weighted by molar-refractivity contribution is -0.116. The predicted molar refractivity (Wildman–Crippen MR) is 123 cm³/mol. The second kappa shape index (κ2) is 8.83. The molecule has 0 aliphatic carbocycles. The maximum Gasteiger partial charge on any atom is 0.229 e. The Kier molecular flexibility index (Phi) is 5.97. The molecule has 1 N–H and O–H groups in total. The highest BCUT2D eigenvalue weighted by Crippen LogP contribution is 2.31. The molecule has 4 aromatic rings. The van der Waals surface area contributed by atoms with Gasteiger partial charge in [0.15, 0.2) is 0 Å². The predicted octanol–water partition coefficient (Wildman–Crippen LogP) is 5.95. The zero-order chi connectivity index (χ0) is 22.0. The van der Waals surface area contributed by atoms with E-state index in [0.29, 0.717) is 22.8 Å². The number of thiophene rings is 1. The average molecular weight is 454 g/mol. The van der Waals surface area contributed by atoms with Crippen LogP contribution in [0.15, 0.2) is 66.2 Å². The minimum atomic E-state index is -0.571. The summed E-state index contributed by atoms with van der Waals surface area (Å²) in [4.78, 5) is 30.7. The number of nitrogens with zero attached hydrogens (tertiary/aromatic N) is 2.